The highest BCUT2D eigenvalue weighted by molar-refractivity contribution is 5.66. The molecule has 2 N–H and O–H groups in total. The van der Waals surface area contributed by atoms with Gasteiger partial charge in [0.15, 0.2) is 0 Å². The summed E-state index contributed by atoms with van der Waals surface area (Å²) in [4.78, 5) is 2.42. The lowest BCUT2D eigenvalue weighted by atomic mass is 10.1. The van der Waals surface area contributed by atoms with Gasteiger partial charge in [0.1, 0.15) is 11.9 Å². The summed E-state index contributed by atoms with van der Waals surface area (Å²) in [6, 6.07) is 16.6. The van der Waals surface area contributed by atoms with E-state index in [1.165, 1.54) is 5.56 Å². The summed E-state index contributed by atoms with van der Waals surface area (Å²) < 4.78 is 6.03. The normalized spacial score (nSPS) is 17.0. The molecule has 0 aliphatic carbocycles. The Morgan fingerprint density at radius 3 is 2.77 bits per heavy atom. The van der Waals surface area contributed by atoms with Crippen molar-refractivity contribution in [1.82, 2.24) is 0 Å². The summed E-state index contributed by atoms with van der Waals surface area (Å²) in [5.74, 6) is 0.965. The molecule has 116 valence electrons. The van der Waals surface area contributed by atoms with E-state index >= 15 is 0 Å². The van der Waals surface area contributed by atoms with Crippen molar-refractivity contribution >= 4 is 11.4 Å². The molecule has 0 radical (unpaired) electrons. The van der Waals surface area contributed by atoms with Crippen molar-refractivity contribution in [3.05, 3.63) is 54.1 Å². The number of hydrogen-bond acceptors (Lipinski definition) is 3. The maximum atomic E-state index is 6.03. The molecule has 3 nitrogen and oxygen atoms in total. The fourth-order valence-corrected chi connectivity index (χ4v) is 2.99. The fraction of sp³-hybridized carbons (Fsp3) is 0.368. The zero-order valence-electron chi connectivity index (χ0n) is 13.2. The van der Waals surface area contributed by atoms with Crippen molar-refractivity contribution < 1.29 is 4.74 Å². The van der Waals surface area contributed by atoms with E-state index in [4.69, 9.17) is 10.5 Å². The molecule has 2 aromatic rings. The Morgan fingerprint density at radius 1 is 1.18 bits per heavy atom. The molecule has 2 aromatic carbocycles. The van der Waals surface area contributed by atoms with Crippen molar-refractivity contribution in [2.45, 2.75) is 32.3 Å². The van der Waals surface area contributed by atoms with E-state index in [2.05, 4.69) is 42.2 Å². The number of nitrogens with zero attached hydrogens (tertiary/aromatic N) is 1. The minimum atomic E-state index is 0.271. The van der Waals surface area contributed by atoms with Gasteiger partial charge < -0.3 is 15.4 Å². The molecule has 1 atom stereocenters. The molecule has 3 heteroatoms. The number of aryl methyl sites for hydroxylation is 1. The SMILES string of the molecule is CCC1CN(CCCc2ccccc2)c2cc(N)ccc2O1. The Kier molecular flexibility index (Phi) is 4.52. The first-order valence-electron chi connectivity index (χ1n) is 8.11. The van der Waals surface area contributed by atoms with Gasteiger partial charge in [-0.15, -0.1) is 0 Å². The van der Waals surface area contributed by atoms with Gasteiger partial charge in [-0.2, -0.15) is 0 Å². The molecule has 0 saturated heterocycles. The molecular formula is C19H24N2O. The minimum Gasteiger partial charge on any atom is -0.486 e. The third-order valence-electron chi connectivity index (χ3n) is 4.23. The molecule has 0 amide bonds. The van der Waals surface area contributed by atoms with Crippen LogP contribution in [0.5, 0.6) is 5.75 Å². The monoisotopic (exact) mass is 296 g/mol. The molecule has 1 aliphatic heterocycles. The van der Waals surface area contributed by atoms with E-state index in [-0.39, 0.29) is 6.10 Å². The average Bonchev–Trinajstić information content (AvgIpc) is 2.56. The fourth-order valence-electron chi connectivity index (χ4n) is 2.99. The molecule has 0 aromatic heterocycles. The summed E-state index contributed by atoms with van der Waals surface area (Å²) in [5.41, 5.74) is 9.28. The van der Waals surface area contributed by atoms with Crippen LogP contribution in [0.1, 0.15) is 25.3 Å². The first-order valence-corrected chi connectivity index (χ1v) is 8.11. The van der Waals surface area contributed by atoms with E-state index in [0.29, 0.717) is 0 Å². The van der Waals surface area contributed by atoms with Crippen LogP contribution in [0, 0.1) is 0 Å². The molecule has 3 rings (SSSR count). The smallest absolute Gasteiger partial charge is 0.143 e. The number of hydrogen-bond donors (Lipinski definition) is 1. The van der Waals surface area contributed by atoms with Gasteiger partial charge in [0, 0.05) is 12.2 Å². The molecule has 0 spiro atoms. The van der Waals surface area contributed by atoms with E-state index in [9.17, 15) is 0 Å². The van der Waals surface area contributed by atoms with Gasteiger partial charge in [-0.05, 0) is 43.0 Å². The van der Waals surface area contributed by atoms with Gasteiger partial charge in [-0.25, -0.2) is 0 Å². The summed E-state index contributed by atoms with van der Waals surface area (Å²) in [6.07, 6.45) is 3.54. The number of nitrogens with two attached hydrogens (primary N) is 1. The lowest BCUT2D eigenvalue weighted by Crippen LogP contribution is -2.40. The molecule has 0 bridgehead atoms. The molecule has 0 saturated carbocycles. The Bertz CT molecular complexity index is 612. The molecule has 22 heavy (non-hydrogen) atoms. The van der Waals surface area contributed by atoms with Crippen LogP contribution >= 0.6 is 0 Å². The zero-order chi connectivity index (χ0) is 15.4. The molecule has 1 heterocycles. The number of benzene rings is 2. The largest absolute Gasteiger partial charge is 0.486 e. The quantitative estimate of drug-likeness (QED) is 0.851. The van der Waals surface area contributed by atoms with Gasteiger partial charge >= 0.3 is 0 Å². The predicted octanol–water partition coefficient (Wildman–Crippen LogP) is 3.88. The number of fused-ring (bicyclic) bond motifs is 1. The van der Waals surface area contributed by atoms with E-state index < -0.39 is 0 Å². The van der Waals surface area contributed by atoms with Crippen LogP contribution in [0.2, 0.25) is 0 Å². The summed E-state index contributed by atoms with van der Waals surface area (Å²) in [5, 5.41) is 0. The minimum absolute atomic E-state index is 0.271. The second kappa shape index (κ2) is 6.73. The van der Waals surface area contributed by atoms with Crippen LogP contribution in [0.3, 0.4) is 0 Å². The zero-order valence-corrected chi connectivity index (χ0v) is 13.2. The molecular weight excluding hydrogens is 272 g/mol. The first kappa shape index (κ1) is 14.8. The Morgan fingerprint density at radius 2 is 2.00 bits per heavy atom. The van der Waals surface area contributed by atoms with E-state index in [1.54, 1.807) is 0 Å². The van der Waals surface area contributed by atoms with Crippen molar-refractivity contribution in [3.8, 4) is 5.75 Å². The number of ether oxygens (including phenoxy) is 1. The van der Waals surface area contributed by atoms with Gasteiger partial charge in [0.25, 0.3) is 0 Å². The first-order chi connectivity index (χ1) is 10.8. The van der Waals surface area contributed by atoms with Crippen LogP contribution < -0.4 is 15.4 Å². The molecule has 1 aliphatic rings. The third-order valence-corrected chi connectivity index (χ3v) is 4.23. The van der Waals surface area contributed by atoms with Gasteiger partial charge in [0.2, 0.25) is 0 Å². The van der Waals surface area contributed by atoms with Crippen LogP contribution in [0.15, 0.2) is 48.5 Å². The Labute approximate surface area is 132 Å². The lowest BCUT2D eigenvalue weighted by Gasteiger charge is -2.36. The maximum absolute atomic E-state index is 6.03. The Balaban J connectivity index is 1.68. The van der Waals surface area contributed by atoms with Crippen molar-refractivity contribution in [2.24, 2.45) is 0 Å². The van der Waals surface area contributed by atoms with Crippen molar-refractivity contribution in [3.63, 3.8) is 0 Å². The lowest BCUT2D eigenvalue weighted by molar-refractivity contribution is 0.189. The number of anilines is 2. The van der Waals surface area contributed by atoms with Gasteiger partial charge in [-0.1, -0.05) is 37.3 Å². The summed E-state index contributed by atoms with van der Waals surface area (Å²) in [7, 11) is 0. The second-order valence-electron chi connectivity index (χ2n) is 5.91. The summed E-state index contributed by atoms with van der Waals surface area (Å²) in [6.45, 7) is 4.15. The highest BCUT2D eigenvalue weighted by atomic mass is 16.5. The number of nitrogen functional groups attached to an aromatic ring is 1. The predicted molar refractivity (Wildman–Crippen MR) is 92.5 cm³/mol. The Hall–Kier alpha value is -2.16. The topological polar surface area (TPSA) is 38.5 Å². The maximum Gasteiger partial charge on any atom is 0.143 e. The average molecular weight is 296 g/mol. The van der Waals surface area contributed by atoms with Crippen molar-refractivity contribution in [2.75, 3.05) is 23.7 Å². The van der Waals surface area contributed by atoms with E-state index in [0.717, 1.165) is 49.5 Å². The van der Waals surface area contributed by atoms with Gasteiger partial charge in [0.05, 0.1) is 12.2 Å². The number of rotatable bonds is 5. The van der Waals surface area contributed by atoms with Crippen LogP contribution in [0.4, 0.5) is 11.4 Å². The standard InChI is InChI=1S/C19H24N2O/c1-2-17-14-21(12-6-9-15-7-4-3-5-8-15)18-13-16(20)10-11-19(18)22-17/h3-5,7-8,10-11,13,17H,2,6,9,12,14,20H2,1H3. The molecule has 1 unspecified atom stereocenters. The highest BCUT2D eigenvalue weighted by Crippen LogP contribution is 2.35. The molecule has 0 fully saturated rings. The summed E-state index contributed by atoms with van der Waals surface area (Å²) >= 11 is 0. The highest BCUT2D eigenvalue weighted by Gasteiger charge is 2.24. The van der Waals surface area contributed by atoms with Crippen LogP contribution in [-0.2, 0) is 6.42 Å². The van der Waals surface area contributed by atoms with Crippen molar-refractivity contribution in [1.29, 1.82) is 0 Å². The van der Waals surface area contributed by atoms with Crippen LogP contribution in [0.25, 0.3) is 0 Å². The second-order valence-corrected chi connectivity index (χ2v) is 5.91. The third kappa shape index (κ3) is 3.35. The van der Waals surface area contributed by atoms with E-state index in [1.807, 2.05) is 18.2 Å². The van der Waals surface area contributed by atoms with Crippen LogP contribution in [-0.4, -0.2) is 19.2 Å². The van der Waals surface area contributed by atoms with Gasteiger partial charge in [-0.3, -0.25) is 0 Å².